The average Bonchev–Trinajstić information content (AvgIpc) is 3.41. The Morgan fingerprint density at radius 3 is 2.45 bits per heavy atom. The van der Waals surface area contributed by atoms with E-state index >= 15 is 0 Å². The molecule has 0 saturated carbocycles. The second-order valence-electron chi connectivity index (χ2n) is 7.40. The minimum Gasteiger partial charge on any atom is -0.308 e. The van der Waals surface area contributed by atoms with Crippen LogP contribution in [0.4, 0.5) is 0 Å². The highest BCUT2D eigenvalue weighted by Gasteiger charge is 2.21. The van der Waals surface area contributed by atoms with Gasteiger partial charge in [-0.2, -0.15) is 0 Å². The summed E-state index contributed by atoms with van der Waals surface area (Å²) in [5.41, 5.74) is 5.89. The maximum absolute atomic E-state index is 6.42. The van der Waals surface area contributed by atoms with E-state index in [2.05, 4.69) is 71.1 Å². The van der Waals surface area contributed by atoms with Gasteiger partial charge in [0.05, 0.1) is 26.8 Å². The topological polar surface area (TPSA) is 17.3 Å². The Hall–Kier alpha value is -3.14. The Labute approximate surface area is 174 Å². The summed E-state index contributed by atoms with van der Waals surface area (Å²) >= 11 is 8.18. The van der Waals surface area contributed by atoms with E-state index in [1.54, 1.807) is 11.3 Å². The zero-order chi connectivity index (χ0) is 19.1. The number of benzene rings is 4. The van der Waals surface area contributed by atoms with Crippen LogP contribution in [0.3, 0.4) is 0 Å². The predicted octanol–water partition coefficient (Wildman–Crippen LogP) is 7.77. The fourth-order valence-electron chi connectivity index (χ4n) is 4.62. The number of para-hydroxylation sites is 1. The van der Waals surface area contributed by atoms with Gasteiger partial charge in [0, 0.05) is 32.1 Å². The van der Waals surface area contributed by atoms with E-state index in [1.807, 2.05) is 12.1 Å². The summed E-state index contributed by atoms with van der Waals surface area (Å²) in [6.07, 6.45) is 0. The van der Waals surface area contributed by atoms with Gasteiger partial charge in [-0.1, -0.05) is 60.1 Å². The molecule has 136 valence electrons. The van der Waals surface area contributed by atoms with E-state index in [1.165, 1.54) is 42.8 Å². The van der Waals surface area contributed by atoms with Crippen molar-refractivity contribution in [2.24, 2.45) is 0 Å². The molecule has 0 radical (unpaired) electrons. The molecule has 0 atom stereocenters. The van der Waals surface area contributed by atoms with Crippen LogP contribution < -0.4 is 0 Å². The van der Waals surface area contributed by atoms with Crippen molar-refractivity contribution in [1.82, 2.24) is 9.38 Å². The second-order valence-corrected chi connectivity index (χ2v) is 8.83. The molecule has 0 aliphatic heterocycles. The summed E-state index contributed by atoms with van der Waals surface area (Å²) in [4.78, 5) is 5.02. The molecule has 4 aromatic carbocycles. The van der Waals surface area contributed by atoms with Crippen LogP contribution in [0.2, 0.25) is 5.02 Å². The Bertz CT molecular complexity index is 1710. The number of nitrogens with zero attached hydrogens (tertiary/aromatic N) is 2. The summed E-state index contributed by atoms with van der Waals surface area (Å²) < 4.78 is 3.61. The molecule has 7 aromatic rings. The number of halogens is 1. The lowest BCUT2D eigenvalue weighted by Gasteiger charge is -1.98. The summed E-state index contributed by atoms with van der Waals surface area (Å²) in [7, 11) is 0. The van der Waals surface area contributed by atoms with Gasteiger partial charge in [0.2, 0.25) is 0 Å². The lowest BCUT2D eigenvalue weighted by atomic mass is 10.1. The average molecular weight is 409 g/mol. The molecule has 2 nitrogen and oxygen atoms in total. The lowest BCUT2D eigenvalue weighted by molar-refractivity contribution is 1.37. The fraction of sp³-hybridized carbons (Fsp3) is 0. The highest BCUT2D eigenvalue weighted by atomic mass is 35.5. The van der Waals surface area contributed by atoms with E-state index in [4.69, 9.17) is 16.6 Å². The highest BCUT2D eigenvalue weighted by molar-refractivity contribution is 7.22. The third kappa shape index (κ3) is 1.99. The standard InChI is InChI=1S/C25H13ClN2S/c26-15-10-11-21-18(12-15)22-23-17(16-8-4-5-9-20(16)28(21)23)13-19-24(22)29-25(27-19)14-6-2-1-3-7-14/h1-13H. The van der Waals surface area contributed by atoms with Crippen molar-refractivity contribution < 1.29 is 0 Å². The first-order valence-electron chi connectivity index (χ1n) is 9.52. The Morgan fingerprint density at radius 1 is 0.759 bits per heavy atom. The molecular formula is C25H13ClN2S. The molecule has 0 spiro atoms. The van der Waals surface area contributed by atoms with Crippen molar-refractivity contribution in [2.45, 2.75) is 0 Å². The summed E-state index contributed by atoms with van der Waals surface area (Å²) in [5, 5.41) is 6.77. The zero-order valence-electron chi connectivity index (χ0n) is 15.2. The van der Waals surface area contributed by atoms with Crippen LogP contribution in [0.15, 0.2) is 78.9 Å². The number of hydrogen-bond acceptors (Lipinski definition) is 2. The van der Waals surface area contributed by atoms with E-state index in [-0.39, 0.29) is 0 Å². The monoisotopic (exact) mass is 408 g/mol. The van der Waals surface area contributed by atoms with Crippen LogP contribution in [0.5, 0.6) is 0 Å². The second kappa shape index (κ2) is 5.47. The van der Waals surface area contributed by atoms with E-state index < -0.39 is 0 Å². The van der Waals surface area contributed by atoms with Gasteiger partial charge in [-0.25, -0.2) is 4.98 Å². The Kier molecular flexibility index (Phi) is 2.97. The number of rotatable bonds is 1. The van der Waals surface area contributed by atoms with Gasteiger partial charge in [0.15, 0.2) is 0 Å². The quantitative estimate of drug-likeness (QED) is 0.271. The van der Waals surface area contributed by atoms with Crippen LogP contribution in [-0.4, -0.2) is 9.38 Å². The normalized spacial score (nSPS) is 12.3. The molecule has 4 heteroatoms. The van der Waals surface area contributed by atoms with Crippen molar-refractivity contribution in [3.8, 4) is 10.6 Å². The van der Waals surface area contributed by atoms with Crippen LogP contribution >= 0.6 is 22.9 Å². The molecule has 3 heterocycles. The minimum atomic E-state index is 0.761. The minimum absolute atomic E-state index is 0.761. The summed E-state index contributed by atoms with van der Waals surface area (Å²) in [6, 6.07) is 27.5. The molecule has 3 aromatic heterocycles. The summed E-state index contributed by atoms with van der Waals surface area (Å²) in [6.45, 7) is 0. The predicted molar refractivity (Wildman–Crippen MR) is 125 cm³/mol. The molecule has 0 amide bonds. The summed E-state index contributed by atoms with van der Waals surface area (Å²) in [5.74, 6) is 0. The van der Waals surface area contributed by atoms with Gasteiger partial charge >= 0.3 is 0 Å². The third-order valence-electron chi connectivity index (χ3n) is 5.80. The van der Waals surface area contributed by atoms with Crippen molar-refractivity contribution in [3.63, 3.8) is 0 Å². The van der Waals surface area contributed by atoms with Crippen LogP contribution in [0.25, 0.3) is 58.9 Å². The molecule has 0 fully saturated rings. The Morgan fingerprint density at radius 2 is 1.55 bits per heavy atom. The molecule has 0 aliphatic carbocycles. The molecule has 0 N–H and O–H groups in total. The van der Waals surface area contributed by atoms with Gasteiger partial charge < -0.3 is 4.40 Å². The number of thiazole rings is 1. The highest BCUT2D eigenvalue weighted by Crippen LogP contribution is 2.45. The first-order valence-corrected chi connectivity index (χ1v) is 10.7. The van der Waals surface area contributed by atoms with Crippen molar-refractivity contribution in [1.29, 1.82) is 0 Å². The molecule has 0 unspecified atom stereocenters. The molecule has 7 rings (SSSR count). The molecule has 29 heavy (non-hydrogen) atoms. The number of aromatic nitrogens is 2. The van der Waals surface area contributed by atoms with Gasteiger partial charge in [-0.05, 0) is 30.3 Å². The molecule has 0 aliphatic rings. The van der Waals surface area contributed by atoms with Crippen molar-refractivity contribution >= 4 is 71.2 Å². The van der Waals surface area contributed by atoms with Gasteiger partial charge in [-0.3, -0.25) is 0 Å². The fourth-order valence-corrected chi connectivity index (χ4v) is 5.90. The van der Waals surface area contributed by atoms with Crippen LogP contribution in [0.1, 0.15) is 0 Å². The van der Waals surface area contributed by atoms with Gasteiger partial charge in [0.1, 0.15) is 5.01 Å². The van der Waals surface area contributed by atoms with E-state index in [0.29, 0.717) is 0 Å². The number of hydrogen-bond donors (Lipinski definition) is 0. The van der Waals surface area contributed by atoms with Crippen molar-refractivity contribution in [3.05, 3.63) is 83.9 Å². The first-order chi connectivity index (χ1) is 14.3. The van der Waals surface area contributed by atoms with E-state index in [0.717, 1.165) is 21.1 Å². The maximum Gasteiger partial charge on any atom is 0.124 e. The Balaban J connectivity index is 1.77. The SMILES string of the molecule is Clc1ccc2c(c1)c1c3sc(-c4ccccc4)nc3cc3c4ccccc4n2c31. The van der Waals surface area contributed by atoms with Crippen LogP contribution in [0, 0.1) is 0 Å². The maximum atomic E-state index is 6.42. The third-order valence-corrected chi connectivity index (χ3v) is 7.17. The van der Waals surface area contributed by atoms with Gasteiger partial charge in [0.25, 0.3) is 0 Å². The molecular weight excluding hydrogens is 396 g/mol. The first kappa shape index (κ1) is 15.7. The largest absolute Gasteiger partial charge is 0.308 e. The molecule has 0 bridgehead atoms. The van der Waals surface area contributed by atoms with Crippen molar-refractivity contribution in [2.75, 3.05) is 0 Å². The number of fused-ring (bicyclic) bond motifs is 8. The smallest absolute Gasteiger partial charge is 0.124 e. The zero-order valence-corrected chi connectivity index (χ0v) is 16.8. The molecule has 0 saturated heterocycles. The van der Waals surface area contributed by atoms with Crippen LogP contribution in [-0.2, 0) is 0 Å². The van der Waals surface area contributed by atoms with E-state index in [9.17, 15) is 0 Å². The van der Waals surface area contributed by atoms with Gasteiger partial charge in [-0.15, -0.1) is 11.3 Å². The lowest BCUT2D eigenvalue weighted by Crippen LogP contribution is -1.79.